The SMILES string of the molecule is CC1(C)CCCC1(C(=O)O)N1CCCC1. The fraction of sp³-hybridized carbons (Fsp3) is 0.917. The second kappa shape index (κ2) is 3.48. The van der Waals surface area contributed by atoms with E-state index in [1.165, 1.54) is 0 Å². The van der Waals surface area contributed by atoms with Crippen molar-refractivity contribution >= 4 is 5.97 Å². The Morgan fingerprint density at radius 2 is 1.73 bits per heavy atom. The smallest absolute Gasteiger partial charge is 0.324 e. The molecule has 0 spiro atoms. The van der Waals surface area contributed by atoms with Crippen LogP contribution in [-0.4, -0.2) is 34.6 Å². The van der Waals surface area contributed by atoms with Gasteiger partial charge in [-0.3, -0.25) is 9.69 Å². The van der Waals surface area contributed by atoms with Crippen molar-refractivity contribution in [2.24, 2.45) is 5.41 Å². The van der Waals surface area contributed by atoms with Crippen LogP contribution >= 0.6 is 0 Å². The molecule has 0 aromatic heterocycles. The van der Waals surface area contributed by atoms with Gasteiger partial charge in [-0.2, -0.15) is 0 Å². The van der Waals surface area contributed by atoms with E-state index >= 15 is 0 Å². The third kappa shape index (κ3) is 1.40. The monoisotopic (exact) mass is 211 g/mol. The Bertz CT molecular complexity index is 269. The average molecular weight is 211 g/mol. The summed E-state index contributed by atoms with van der Waals surface area (Å²) in [6.07, 6.45) is 5.23. The van der Waals surface area contributed by atoms with Crippen LogP contribution in [0.25, 0.3) is 0 Å². The summed E-state index contributed by atoms with van der Waals surface area (Å²) in [5.74, 6) is -0.605. The molecule has 86 valence electrons. The van der Waals surface area contributed by atoms with E-state index in [2.05, 4.69) is 18.7 Å². The lowest BCUT2D eigenvalue weighted by atomic mass is 9.73. The molecule has 1 saturated carbocycles. The van der Waals surface area contributed by atoms with Gasteiger partial charge in [-0.05, 0) is 44.2 Å². The molecule has 0 radical (unpaired) electrons. The van der Waals surface area contributed by atoms with Crippen LogP contribution in [0.2, 0.25) is 0 Å². The number of hydrogen-bond acceptors (Lipinski definition) is 2. The van der Waals surface area contributed by atoms with Gasteiger partial charge in [0.15, 0.2) is 0 Å². The van der Waals surface area contributed by atoms with Gasteiger partial charge < -0.3 is 5.11 Å². The molecule has 1 N–H and O–H groups in total. The number of nitrogens with zero attached hydrogens (tertiary/aromatic N) is 1. The average Bonchev–Trinajstić information content (AvgIpc) is 2.70. The summed E-state index contributed by atoms with van der Waals surface area (Å²) >= 11 is 0. The van der Waals surface area contributed by atoms with Gasteiger partial charge in [0, 0.05) is 0 Å². The van der Waals surface area contributed by atoms with Gasteiger partial charge in [0.2, 0.25) is 0 Å². The molecule has 3 heteroatoms. The molecule has 2 rings (SSSR count). The summed E-state index contributed by atoms with van der Waals surface area (Å²) in [6, 6.07) is 0. The Labute approximate surface area is 91.5 Å². The van der Waals surface area contributed by atoms with Crippen LogP contribution in [0, 0.1) is 5.41 Å². The van der Waals surface area contributed by atoms with Crippen molar-refractivity contribution in [2.45, 2.75) is 51.5 Å². The molecule has 1 saturated heterocycles. The molecule has 0 aromatic rings. The van der Waals surface area contributed by atoms with Crippen LogP contribution in [0.15, 0.2) is 0 Å². The summed E-state index contributed by atoms with van der Waals surface area (Å²) in [6.45, 7) is 6.17. The maximum atomic E-state index is 11.7. The van der Waals surface area contributed by atoms with Gasteiger partial charge >= 0.3 is 5.97 Å². The predicted molar refractivity (Wildman–Crippen MR) is 58.8 cm³/mol. The highest BCUT2D eigenvalue weighted by Gasteiger charge is 2.58. The number of rotatable bonds is 2. The largest absolute Gasteiger partial charge is 0.480 e. The van der Waals surface area contributed by atoms with Crippen molar-refractivity contribution < 1.29 is 9.90 Å². The molecular weight excluding hydrogens is 190 g/mol. The third-order valence-electron chi connectivity index (χ3n) is 4.46. The Balaban J connectivity index is 2.35. The summed E-state index contributed by atoms with van der Waals surface area (Å²) in [7, 11) is 0. The Hall–Kier alpha value is -0.570. The van der Waals surface area contributed by atoms with Gasteiger partial charge in [0.25, 0.3) is 0 Å². The second-order valence-electron chi connectivity index (χ2n) is 5.60. The molecule has 1 aliphatic heterocycles. The van der Waals surface area contributed by atoms with Gasteiger partial charge in [0.1, 0.15) is 5.54 Å². The van der Waals surface area contributed by atoms with Crippen LogP contribution in [0.4, 0.5) is 0 Å². The molecule has 15 heavy (non-hydrogen) atoms. The van der Waals surface area contributed by atoms with Crippen molar-refractivity contribution in [1.82, 2.24) is 4.90 Å². The van der Waals surface area contributed by atoms with E-state index in [1.807, 2.05) is 0 Å². The summed E-state index contributed by atoms with van der Waals surface area (Å²) in [5.41, 5.74) is -0.660. The van der Waals surface area contributed by atoms with E-state index in [0.29, 0.717) is 0 Å². The first-order chi connectivity index (χ1) is 7.01. The van der Waals surface area contributed by atoms with E-state index in [-0.39, 0.29) is 5.41 Å². The highest BCUT2D eigenvalue weighted by molar-refractivity contribution is 5.80. The quantitative estimate of drug-likeness (QED) is 0.760. The first kappa shape index (κ1) is 10.9. The minimum Gasteiger partial charge on any atom is -0.480 e. The number of carboxylic acid groups (broad SMARTS) is 1. The van der Waals surface area contributed by atoms with E-state index in [1.54, 1.807) is 0 Å². The molecule has 1 unspecified atom stereocenters. The molecule has 0 amide bonds. The zero-order valence-electron chi connectivity index (χ0n) is 9.75. The highest BCUT2D eigenvalue weighted by atomic mass is 16.4. The van der Waals surface area contributed by atoms with Crippen molar-refractivity contribution in [3.8, 4) is 0 Å². The lowest BCUT2D eigenvalue weighted by Gasteiger charge is -2.44. The Morgan fingerprint density at radius 3 is 2.13 bits per heavy atom. The lowest BCUT2D eigenvalue weighted by molar-refractivity contribution is -0.157. The van der Waals surface area contributed by atoms with Crippen LogP contribution < -0.4 is 0 Å². The van der Waals surface area contributed by atoms with Crippen molar-refractivity contribution in [1.29, 1.82) is 0 Å². The summed E-state index contributed by atoms with van der Waals surface area (Å²) in [5, 5.41) is 9.62. The number of aliphatic carboxylic acids is 1. The summed E-state index contributed by atoms with van der Waals surface area (Å²) < 4.78 is 0. The Kier molecular flexibility index (Phi) is 2.53. The number of carboxylic acids is 1. The fourth-order valence-corrected chi connectivity index (χ4v) is 3.55. The third-order valence-corrected chi connectivity index (χ3v) is 4.46. The topological polar surface area (TPSA) is 40.5 Å². The first-order valence-electron chi connectivity index (χ1n) is 5.99. The zero-order valence-corrected chi connectivity index (χ0v) is 9.75. The van der Waals surface area contributed by atoms with Crippen molar-refractivity contribution in [3.05, 3.63) is 0 Å². The first-order valence-corrected chi connectivity index (χ1v) is 5.99. The number of likely N-dealkylation sites (tertiary alicyclic amines) is 1. The normalized spacial score (nSPS) is 35.9. The van der Waals surface area contributed by atoms with Gasteiger partial charge in [-0.15, -0.1) is 0 Å². The fourth-order valence-electron chi connectivity index (χ4n) is 3.55. The zero-order chi connectivity index (χ0) is 11.1. The minimum absolute atomic E-state index is 0.0802. The van der Waals surface area contributed by atoms with Crippen LogP contribution in [0.1, 0.15) is 46.0 Å². The number of carbonyl (C=O) groups is 1. The van der Waals surface area contributed by atoms with Crippen LogP contribution in [0.5, 0.6) is 0 Å². The molecule has 0 aromatic carbocycles. The molecule has 0 bridgehead atoms. The second-order valence-corrected chi connectivity index (χ2v) is 5.60. The molecule has 1 atom stereocenters. The van der Waals surface area contributed by atoms with Crippen molar-refractivity contribution in [3.63, 3.8) is 0 Å². The summed E-state index contributed by atoms with van der Waals surface area (Å²) in [4.78, 5) is 13.9. The van der Waals surface area contributed by atoms with E-state index in [0.717, 1.165) is 45.2 Å². The molecule has 3 nitrogen and oxygen atoms in total. The molecule has 2 fully saturated rings. The van der Waals surface area contributed by atoms with Crippen LogP contribution in [-0.2, 0) is 4.79 Å². The maximum Gasteiger partial charge on any atom is 0.324 e. The van der Waals surface area contributed by atoms with E-state index in [4.69, 9.17) is 0 Å². The van der Waals surface area contributed by atoms with Crippen molar-refractivity contribution in [2.75, 3.05) is 13.1 Å². The van der Waals surface area contributed by atoms with E-state index < -0.39 is 11.5 Å². The molecule has 1 heterocycles. The molecule has 2 aliphatic rings. The van der Waals surface area contributed by atoms with Gasteiger partial charge in [-0.25, -0.2) is 0 Å². The lowest BCUT2D eigenvalue weighted by Crippen LogP contribution is -2.59. The predicted octanol–water partition coefficient (Wildman–Crippen LogP) is 2.12. The maximum absolute atomic E-state index is 11.7. The van der Waals surface area contributed by atoms with Gasteiger partial charge in [-0.1, -0.05) is 20.3 Å². The highest BCUT2D eigenvalue weighted by Crippen LogP contribution is 2.50. The minimum atomic E-state index is -0.605. The van der Waals surface area contributed by atoms with E-state index in [9.17, 15) is 9.90 Å². The number of hydrogen-bond donors (Lipinski definition) is 1. The van der Waals surface area contributed by atoms with Gasteiger partial charge in [0.05, 0.1) is 0 Å². The van der Waals surface area contributed by atoms with Crippen LogP contribution in [0.3, 0.4) is 0 Å². The Morgan fingerprint density at radius 1 is 1.13 bits per heavy atom. The molecule has 1 aliphatic carbocycles. The molecular formula is C12H21NO2. The standard InChI is InChI=1S/C12H21NO2/c1-11(2)6-5-7-12(11,10(14)15)13-8-3-4-9-13/h3-9H2,1-2H3,(H,14,15).